The zero-order valence-corrected chi connectivity index (χ0v) is 23.9. The lowest BCUT2D eigenvalue weighted by Crippen LogP contribution is -2.52. The molecule has 1 atom stereocenters. The molecule has 2 amide bonds. The third-order valence-corrected chi connectivity index (χ3v) is 8.12. The molecule has 1 N–H and O–H groups in total. The van der Waals surface area contributed by atoms with Crippen molar-refractivity contribution >= 4 is 39.1 Å². The Balaban J connectivity index is 2.05. The number of rotatable bonds is 10. The van der Waals surface area contributed by atoms with Gasteiger partial charge in [-0.1, -0.05) is 59.6 Å². The van der Waals surface area contributed by atoms with Gasteiger partial charge in [0.2, 0.25) is 11.8 Å². The molecule has 3 aromatic carbocycles. The molecule has 3 aromatic rings. The third-order valence-electron chi connectivity index (χ3n) is 6.11. The van der Waals surface area contributed by atoms with Crippen molar-refractivity contribution in [1.82, 2.24) is 10.2 Å². The molecule has 0 fully saturated rings. The summed E-state index contributed by atoms with van der Waals surface area (Å²) < 4.78 is 28.7. The summed E-state index contributed by atoms with van der Waals surface area (Å²) in [4.78, 5) is 28.3. The van der Waals surface area contributed by atoms with E-state index < -0.39 is 28.5 Å². The largest absolute Gasteiger partial charge is 0.352 e. The van der Waals surface area contributed by atoms with Crippen LogP contribution in [0.2, 0.25) is 5.02 Å². The first kappa shape index (κ1) is 29.2. The van der Waals surface area contributed by atoms with Crippen LogP contribution in [-0.4, -0.2) is 43.8 Å². The SMILES string of the molecule is Cc1ccc(CN(C(=O)CN(c2ccc(Cl)cc2C)S(=O)(=O)c2ccccc2)[C@H](C)C(=O)NC(C)C)cc1. The van der Waals surface area contributed by atoms with Crippen molar-refractivity contribution in [2.75, 3.05) is 10.8 Å². The topological polar surface area (TPSA) is 86.8 Å². The molecule has 0 heterocycles. The summed E-state index contributed by atoms with van der Waals surface area (Å²) >= 11 is 6.14. The predicted octanol–water partition coefficient (Wildman–Crippen LogP) is 5.09. The van der Waals surface area contributed by atoms with Gasteiger partial charge in [-0.05, 0) is 76.1 Å². The first-order valence-electron chi connectivity index (χ1n) is 12.4. The lowest BCUT2D eigenvalue weighted by molar-refractivity contribution is -0.139. The van der Waals surface area contributed by atoms with Crippen molar-refractivity contribution in [3.63, 3.8) is 0 Å². The Morgan fingerprint density at radius 2 is 1.55 bits per heavy atom. The molecule has 0 spiro atoms. The summed E-state index contributed by atoms with van der Waals surface area (Å²) in [6, 6.07) is 19.5. The average Bonchev–Trinajstić information content (AvgIpc) is 2.87. The molecule has 0 aliphatic rings. The number of amides is 2. The summed E-state index contributed by atoms with van der Waals surface area (Å²) in [5.74, 6) is -0.827. The summed E-state index contributed by atoms with van der Waals surface area (Å²) in [6.45, 7) is 8.68. The number of benzene rings is 3. The van der Waals surface area contributed by atoms with Gasteiger partial charge in [0.25, 0.3) is 10.0 Å². The predicted molar refractivity (Wildman–Crippen MR) is 152 cm³/mol. The van der Waals surface area contributed by atoms with E-state index in [-0.39, 0.29) is 23.4 Å². The highest BCUT2D eigenvalue weighted by molar-refractivity contribution is 7.92. The summed E-state index contributed by atoms with van der Waals surface area (Å²) in [7, 11) is -4.12. The zero-order valence-electron chi connectivity index (χ0n) is 22.3. The first-order valence-corrected chi connectivity index (χ1v) is 14.2. The molecule has 38 heavy (non-hydrogen) atoms. The van der Waals surface area contributed by atoms with Crippen LogP contribution in [0.15, 0.2) is 77.7 Å². The van der Waals surface area contributed by atoms with Crippen LogP contribution >= 0.6 is 11.6 Å². The lowest BCUT2D eigenvalue weighted by Gasteiger charge is -2.32. The molecule has 7 nitrogen and oxygen atoms in total. The average molecular weight is 556 g/mol. The smallest absolute Gasteiger partial charge is 0.264 e. The monoisotopic (exact) mass is 555 g/mol. The van der Waals surface area contributed by atoms with Crippen LogP contribution in [0.25, 0.3) is 0 Å². The molecule has 0 aliphatic carbocycles. The van der Waals surface area contributed by atoms with Crippen LogP contribution < -0.4 is 9.62 Å². The number of nitrogens with zero attached hydrogens (tertiary/aromatic N) is 2. The Hall–Kier alpha value is -3.36. The standard InChI is InChI=1S/C29H34ClN3O4S/c1-20(2)31-29(35)23(5)32(18-24-13-11-21(3)12-14-24)28(34)19-33(27-16-15-25(30)17-22(27)4)38(36,37)26-9-7-6-8-10-26/h6-17,20,23H,18-19H2,1-5H3,(H,31,35)/t23-/m1/s1. The number of aryl methyl sites for hydroxylation is 2. The molecule has 0 aromatic heterocycles. The number of carbonyl (C=O) groups is 2. The van der Waals surface area contributed by atoms with Gasteiger partial charge in [-0.2, -0.15) is 0 Å². The van der Waals surface area contributed by atoms with Crippen molar-refractivity contribution in [3.8, 4) is 0 Å². The van der Waals surface area contributed by atoms with Gasteiger partial charge in [0.1, 0.15) is 12.6 Å². The molecule has 9 heteroatoms. The minimum Gasteiger partial charge on any atom is -0.352 e. The second-order valence-corrected chi connectivity index (χ2v) is 11.9. The van der Waals surface area contributed by atoms with E-state index in [0.29, 0.717) is 16.3 Å². The van der Waals surface area contributed by atoms with Gasteiger partial charge in [-0.25, -0.2) is 8.42 Å². The molecule has 0 saturated carbocycles. The van der Waals surface area contributed by atoms with Gasteiger partial charge >= 0.3 is 0 Å². The van der Waals surface area contributed by atoms with E-state index in [1.165, 1.54) is 17.0 Å². The fraction of sp³-hybridized carbons (Fsp3) is 0.310. The van der Waals surface area contributed by atoms with Gasteiger partial charge in [0, 0.05) is 17.6 Å². The number of anilines is 1. The summed E-state index contributed by atoms with van der Waals surface area (Å²) in [5, 5.41) is 3.30. The van der Waals surface area contributed by atoms with E-state index in [2.05, 4.69) is 5.32 Å². The molecule has 0 saturated heterocycles. The lowest BCUT2D eigenvalue weighted by atomic mass is 10.1. The van der Waals surface area contributed by atoms with Gasteiger partial charge in [0.05, 0.1) is 10.6 Å². The molecule has 3 rings (SSSR count). The van der Waals surface area contributed by atoms with Crippen molar-refractivity contribution in [3.05, 3.63) is 94.5 Å². The summed E-state index contributed by atoms with van der Waals surface area (Å²) in [5.41, 5.74) is 2.82. The van der Waals surface area contributed by atoms with Crippen LogP contribution in [-0.2, 0) is 26.2 Å². The Morgan fingerprint density at radius 3 is 2.13 bits per heavy atom. The van der Waals surface area contributed by atoms with Crippen molar-refractivity contribution in [2.45, 2.75) is 58.1 Å². The minimum absolute atomic E-state index is 0.0535. The summed E-state index contributed by atoms with van der Waals surface area (Å²) in [6.07, 6.45) is 0. The van der Waals surface area contributed by atoms with Crippen LogP contribution in [0.1, 0.15) is 37.5 Å². The van der Waals surface area contributed by atoms with Crippen molar-refractivity contribution in [2.24, 2.45) is 0 Å². The highest BCUT2D eigenvalue weighted by Crippen LogP contribution is 2.29. The highest BCUT2D eigenvalue weighted by Gasteiger charge is 2.33. The first-order chi connectivity index (χ1) is 17.9. The van der Waals surface area contributed by atoms with Gasteiger partial charge < -0.3 is 10.2 Å². The van der Waals surface area contributed by atoms with E-state index >= 15 is 0 Å². The van der Waals surface area contributed by atoms with Crippen LogP contribution in [0.3, 0.4) is 0 Å². The van der Waals surface area contributed by atoms with E-state index in [1.807, 2.05) is 45.0 Å². The molecule has 0 unspecified atom stereocenters. The van der Waals surface area contributed by atoms with E-state index in [4.69, 9.17) is 11.6 Å². The van der Waals surface area contributed by atoms with Crippen molar-refractivity contribution < 1.29 is 18.0 Å². The Morgan fingerprint density at radius 1 is 0.921 bits per heavy atom. The molecular formula is C29H34ClN3O4S. The van der Waals surface area contributed by atoms with Gasteiger partial charge in [0.15, 0.2) is 0 Å². The molecule has 202 valence electrons. The van der Waals surface area contributed by atoms with E-state index in [9.17, 15) is 18.0 Å². The number of hydrogen-bond donors (Lipinski definition) is 1. The highest BCUT2D eigenvalue weighted by atomic mass is 35.5. The van der Waals surface area contributed by atoms with E-state index in [1.54, 1.807) is 50.2 Å². The fourth-order valence-corrected chi connectivity index (χ4v) is 5.74. The van der Waals surface area contributed by atoms with Crippen molar-refractivity contribution in [1.29, 1.82) is 0 Å². The number of sulfonamides is 1. The third kappa shape index (κ3) is 7.14. The second-order valence-electron chi connectivity index (χ2n) is 9.60. The molecule has 0 bridgehead atoms. The van der Waals surface area contributed by atoms with Gasteiger partial charge in [-0.15, -0.1) is 0 Å². The molecule has 0 aliphatic heterocycles. The number of nitrogens with one attached hydrogen (secondary N) is 1. The maximum absolute atomic E-state index is 13.9. The second kappa shape index (κ2) is 12.5. The number of hydrogen-bond acceptors (Lipinski definition) is 4. The van der Waals surface area contributed by atoms with Crippen LogP contribution in [0.5, 0.6) is 0 Å². The number of halogens is 1. The van der Waals surface area contributed by atoms with Gasteiger partial charge in [-0.3, -0.25) is 13.9 Å². The fourth-order valence-electron chi connectivity index (χ4n) is 4.01. The van der Waals surface area contributed by atoms with E-state index in [0.717, 1.165) is 15.4 Å². The Bertz CT molecular complexity index is 1380. The zero-order chi connectivity index (χ0) is 28.0. The normalized spacial score (nSPS) is 12.2. The number of carbonyl (C=O) groups excluding carboxylic acids is 2. The Labute approximate surface area is 230 Å². The maximum atomic E-state index is 13.9. The Kier molecular flexibility index (Phi) is 9.57. The molecule has 0 radical (unpaired) electrons. The quantitative estimate of drug-likeness (QED) is 0.377. The van der Waals surface area contributed by atoms with Crippen LogP contribution in [0, 0.1) is 13.8 Å². The van der Waals surface area contributed by atoms with Crippen LogP contribution in [0.4, 0.5) is 5.69 Å². The minimum atomic E-state index is -4.12. The molecular weight excluding hydrogens is 522 g/mol. The maximum Gasteiger partial charge on any atom is 0.264 e.